The van der Waals surface area contributed by atoms with E-state index in [0.29, 0.717) is 13.1 Å². The summed E-state index contributed by atoms with van der Waals surface area (Å²) in [5.74, 6) is -0.117. The first-order valence-electron chi connectivity index (χ1n) is 3.89. The van der Waals surface area contributed by atoms with Gasteiger partial charge in [-0.25, -0.2) is 12.7 Å². The van der Waals surface area contributed by atoms with Crippen molar-refractivity contribution in [1.29, 1.82) is 5.26 Å². The predicted octanol–water partition coefficient (Wildman–Crippen LogP) is 0.182. The lowest BCUT2D eigenvalue weighted by molar-refractivity contribution is 0.307. The van der Waals surface area contributed by atoms with Gasteiger partial charge in [0.2, 0.25) is 10.0 Å². The highest BCUT2D eigenvalue weighted by molar-refractivity contribution is 7.88. The van der Waals surface area contributed by atoms with Gasteiger partial charge < -0.3 is 0 Å². The molecule has 0 aliphatic carbocycles. The van der Waals surface area contributed by atoms with Crippen LogP contribution in [0.4, 0.5) is 0 Å². The van der Waals surface area contributed by atoms with Crippen molar-refractivity contribution in [1.82, 2.24) is 4.31 Å². The third-order valence-electron chi connectivity index (χ3n) is 2.04. The van der Waals surface area contributed by atoms with Crippen molar-refractivity contribution in [2.45, 2.75) is 12.8 Å². The van der Waals surface area contributed by atoms with E-state index in [4.69, 9.17) is 5.26 Å². The Kier molecular flexibility index (Phi) is 2.70. The van der Waals surface area contributed by atoms with Crippen LogP contribution in [0, 0.1) is 17.2 Å². The van der Waals surface area contributed by atoms with Gasteiger partial charge in [0.05, 0.1) is 18.2 Å². The average molecular weight is 188 g/mol. The van der Waals surface area contributed by atoms with Crippen molar-refractivity contribution < 1.29 is 8.42 Å². The van der Waals surface area contributed by atoms with Crippen molar-refractivity contribution in [2.75, 3.05) is 19.3 Å². The number of nitriles is 1. The smallest absolute Gasteiger partial charge is 0.211 e. The van der Waals surface area contributed by atoms with Crippen molar-refractivity contribution in [2.24, 2.45) is 5.92 Å². The maximum atomic E-state index is 11.1. The fraction of sp³-hybridized carbons (Fsp3) is 0.857. The van der Waals surface area contributed by atoms with Gasteiger partial charge in [-0.2, -0.15) is 5.26 Å². The lowest BCUT2D eigenvalue weighted by atomic mass is 10.0. The van der Waals surface area contributed by atoms with Crippen LogP contribution in [0.2, 0.25) is 0 Å². The fourth-order valence-corrected chi connectivity index (χ4v) is 2.26. The highest BCUT2D eigenvalue weighted by atomic mass is 32.2. The summed E-state index contributed by atoms with van der Waals surface area (Å²) in [5, 5.41) is 8.60. The highest BCUT2D eigenvalue weighted by Crippen LogP contribution is 2.17. The van der Waals surface area contributed by atoms with E-state index in [1.54, 1.807) is 0 Å². The summed E-state index contributed by atoms with van der Waals surface area (Å²) < 4.78 is 23.5. The van der Waals surface area contributed by atoms with Gasteiger partial charge in [0.1, 0.15) is 0 Å². The third-order valence-corrected chi connectivity index (χ3v) is 3.31. The van der Waals surface area contributed by atoms with Gasteiger partial charge in [0, 0.05) is 13.1 Å². The summed E-state index contributed by atoms with van der Waals surface area (Å²) in [7, 11) is -3.09. The second-order valence-corrected chi connectivity index (χ2v) is 5.07. The number of hydrogen-bond acceptors (Lipinski definition) is 3. The van der Waals surface area contributed by atoms with Gasteiger partial charge >= 0.3 is 0 Å². The third kappa shape index (κ3) is 2.19. The van der Waals surface area contributed by atoms with E-state index in [9.17, 15) is 8.42 Å². The van der Waals surface area contributed by atoms with Crippen molar-refractivity contribution in [3.8, 4) is 6.07 Å². The summed E-state index contributed by atoms with van der Waals surface area (Å²) >= 11 is 0. The van der Waals surface area contributed by atoms with Crippen LogP contribution in [0.15, 0.2) is 0 Å². The average Bonchev–Trinajstić information content (AvgIpc) is 2.03. The number of nitrogens with zero attached hydrogens (tertiary/aromatic N) is 2. The molecular weight excluding hydrogens is 176 g/mol. The quantitative estimate of drug-likeness (QED) is 0.589. The summed E-state index contributed by atoms with van der Waals surface area (Å²) in [4.78, 5) is 0. The molecule has 0 spiro atoms. The summed E-state index contributed by atoms with van der Waals surface area (Å²) in [6, 6.07) is 2.10. The van der Waals surface area contributed by atoms with Crippen LogP contribution >= 0.6 is 0 Å². The second kappa shape index (κ2) is 3.42. The molecule has 1 rings (SSSR count). The van der Waals surface area contributed by atoms with Crippen LogP contribution in [-0.4, -0.2) is 32.1 Å². The van der Waals surface area contributed by atoms with E-state index in [0.717, 1.165) is 12.8 Å². The highest BCUT2D eigenvalue weighted by Gasteiger charge is 2.25. The summed E-state index contributed by atoms with van der Waals surface area (Å²) in [6.07, 6.45) is 2.81. The van der Waals surface area contributed by atoms with Gasteiger partial charge in [-0.1, -0.05) is 0 Å². The van der Waals surface area contributed by atoms with Gasteiger partial charge in [-0.3, -0.25) is 0 Å². The molecule has 0 aromatic rings. The molecule has 12 heavy (non-hydrogen) atoms. The van der Waals surface area contributed by atoms with E-state index in [1.807, 2.05) is 0 Å². The Bertz CT molecular complexity index is 291. The Balaban J connectivity index is 2.66. The van der Waals surface area contributed by atoms with Crippen molar-refractivity contribution >= 4 is 10.0 Å². The standard InChI is InChI=1S/C7H12N2O2S/c1-12(10,11)9-4-2-3-7(5-8)6-9/h7H,2-4,6H2,1H3. The molecule has 0 saturated carbocycles. The molecule has 5 heteroatoms. The molecule has 0 amide bonds. The molecule has 68 valence electrons. The molecule has 0 aromatic carbocycles. The zero-order valence-corrected chi connectivity index (χ0v) is 7.84. The van der Waals surface area contributed by atoms with Crippen LogP contribution < -0.4 is 0 Å². The molecule has 1 unspecified atom stereocenters. The van der Waals surface area contributed by atoms with Crippen LogP contribution in [0.1, 0.15) is 12.8 Å². The maximum absolute atomic E-state index is 11.1. The summed E-state index contributed by atoms with van der Waals surface area (Å²) in [6.45, 7) is 0.937. The SMILES string of the molecule is CS(=O)(=O)N1CCCC(C#N)C1. The first-order chi connectivity index (χ1) is 5.54. The van der Waals surface area contributed by atoms with Gasteiger partial charge in [0.25, 0.3) is 0 Å². The minimum atomic E-state index is -3.09. The molecule has 1 heterocycles. The Morgan fingerprint density at radius 3 is 2.75 bits per heavy atom. The molecule has 4 nitrogen and oxygen atoms in total. The molecule has 1 fully saturated rings. The molecule has 0 radical (unpaired) electrons. The van der Waals surface area contributed by atoms with E-state index in [-0.39, 0.29) is 5.92 Å². The van der Waals surface area contributed by atoms with Crippen molar-refractivity contribution in [3.05, 3.63) is 0 Å². The van der Waals surface area contributed by atoms with Gasteiger partial charge in [0.15, 0.2) is 0 Å². The first kappa shape index (κ1) is 9.49. The first-order valence-corrected chi connectivity index (χ1v) is 5.73. The van der Waals surface area contributed by atoms with Crippen LogP contribution in [0.25, 0.3) is 0 Å². The Morgan fingerprint density at radius 2 is 2.25 bits per heavy atom. The molecule has 0 bridgehead atoms. The number of rotatable bonds is 1. The molecule has 0 N–H and O–H groups in total. The lowest BCUT2D eigenvalue weighted by Gasteiger charge is -2.27. The second-order valence-electron chi connectivity index (χ2n) is 3.09. The topological polar surface area (TPSA) is 61.2 Å². The van der Waals surface area contributed by atoms with E-state index in [1.165, 1.54) is 10.6 Å². The van der Waals surface area contributed by atoms with Crippen LogP contribution in [0.3, 0.4) is 0 Å². The largest absolute Gasteiger partial charge is 0.213 e. The van der Waals surface area contributed by atoms with E-state index in [2.05, 4.69) is 6.07 Å². The summed E-state index contributed by atoms with van der Waals surface area (Å²) in [5.41, 5.74) is 0. The number of hydrogen-bond donors (Lipinski definition) is 0. The van der Waals surface area contributed by atoms with Crippen LogP contribution in [-0.2, 0) is 10.0 Å². The Hall–Kier alpha value is -0.600. The van der Waals surface area contributed by atoms with E-state index < -0.39 is 10.0 Å². The predicted molar refractivity (Wildman–Crippen MR) is 44.8 cm³/mol. The molecule has 1 saturated heterocycles. The maximum Gasteiger partial charge on any atom is 0.211 e. The van der Waals surface area contributed by atoms with Gasteiger partial charge in [-0.15, -0.1) is 0 Å². The molecule has 1 aliphatic heterocycles. The van der Waals surface area contributed by atoms with Crippen molar-refractivity contribution in [3.63, 3.8) is 0 Å². The lowest BCUT2D eigenvalue weighted by Crippen LogP contribution is -2.38. The van der Waals surface area contributed by atoms with Gasteiger partial charge in [-0.05, 0) is 12.8 Å². The molecule has 1 atom stereocenters. The number of sulfonamides is 1. The molecule has 0 aromatic heterocycles. The normalized spacial score (nSPS) is 26.5. The minimum absolute atomic E-state index is 0.117. The molecule has 1 aliphatic rings. The Labute approximate surface area is 72.8 Å². The number of piperidine rings is 1. The Morgan fingerprint density at radius 1 is 1.58 bits per heavy atom. The monoisotopic (exact) mass is 188 g/mol. The fourth-order valence-electron chi connectivity index (χ4n) is 1.35. The zero-order chi connectivity index (χ0) is 9.19. The van der Waals surface area contributed by atoms with E-state index >= 15 is 0 Å². The van der Waals surface area contributed by atoms with Crippen LogP contribution in [0.5, 0.6) is 0 Å². The minimum Gasteiger partial charge on any atom is -0.213 e. The zero-order valence-electron chi connectivity index (χ0n) is 7.02. The molecular formula is C7H12N2O2S.